The Morgan fingerprint density at radius 1 is 1.22 bits per heavy atom. The van der Waals surface area contributed by atoms with Crippen molar-refractivity contribution in [1.29, 1.82) is 0 Å². The maximum atomic E-state index is 13.7. The van der Waals surface area contributed by atoms with Crippen LogP contribution in [-0.4, -0.2) is 41.9 Å². The van der Waals surface area contributed by atoms with Gasteiger partial charge >= 0.3 is 12.1 Å². The lowest BCUT2D eigenvalue weighted by Gasteiger charge is -2.30. The van der Waals surface area contributed by atoms with Crippen LogP contribution >= 0.6 is 11.6 Å². The Balaban J connectivity index is 1.95. The minimum Gasteiger partial charge on any atom is -0.462 e. The Bertz CT molecular complexity index is 1010. The second kappa shape index (κ2) is 9.77. The molecule has 1 fully saturated rings. The highest BCUT2D eigenvalue weighted by atomic mass is 35.5. The summed E-state index contributed by atoms with van der Waals surface area (Å²) >= 11 is 6.01. The van der Waals surface area contributed by atoms with Gasteiger partial charge in [0.2, 0.25) is 0 Å². The van der Waals surface area contributed by atoms with Crippen molar-refractivity contribution in [1.82, 2.24) is 4.90 Å². The summed E-state index contributed by atoms with van der Waals surface area (Å²) in [5, 5.41) is 3.37. The molecule has 0 aliphatic carbocycles. The van der Waals surface area contributed by atoms with Gasteiger partial charge in [-0.05, 0) is 76.4 Å². The van der Waals surface area contributed by atoms with Crippen LogP contribution in [-0.2, 0) is 9.47 Å². The number of benzene rings is 2. The van der Waals surface area contributed by atoms with Gasteiger partial charge in [0, 0.05) is 17.8 Å². The molecular formula is C24H28ClFN2O4. The molecule has 1 aliphatic rings. The van der Waals surface area contributed by atoms with Crippen LogP contribution in [0.5, 0.6) is 0 Å². The minimum atomic E-state index is -0.596. The zero-order valence-electron chi connectivity index (χ0n) is 18.7. The monoisotopic (exact) mass is 462 g/mol. The molecule has 32 heavy (non-hydrogen) atoms. The number of carbonyl (C=O) groups is 2. The van der Waals surface area contributed by atoms with Crippen molar-refractivity contribution in [3.05, 3.63) is 52.8 Å². The number of anilines is 1. The second-order valence-corrected chi connectivity index (χ2v) is 8.99. The fourth-order valence-electron chi connectivity index (χ4n) is 3.55. The second-order valence-electron chi connectivity index (χ2n) is 8.59. The molecule has 1 saturated heterocycles. The van der Waals surface area contributed by atoms with E-state index in [0.717, 1.165) is 12.8 Å². The van der Waals surface area contributed by atoms with Crippen LogP contribution < -0.4 is 5.32 Å². The number of hydrogen-bond acceptors (Lipinski definition) is 5. The number of carbonyl (C=O) groups excluding carboxylic acids is 2. The van der Waals surface area contributed by atoms with E-state index in [2.05, 4.69) is 5.32 Å². The molecule has 2 aromatic rings. The number of halogens is 2. The summed E-state index contributed by atoms with van der Waals surface area (Å²) in [5.74, 6) is -0.983. The minimum absolute atomic E-state index is 0.0220. The smallest absolute Gasteiger partial charge is 0.411 e. The van der Waals surface area contributed by atoms with Gasteiger partial charge in [0.15, 0.2) is 0 Å². The number of nitrogens with zero attached hydrogens (tertiary/aromatic N) is 1. The van der Waals surface area contributed by atoms with Gasteiger partial charge in [-0.3, -0.25) is 4.90 Å². The fourth-order valence-corrected chi connectivity index (χ4v) is 3.73. The van der Waals surface area contributed by atoms with Crippen LogP contribution in [0, 0.1) is 5.82 Å². The molecule has 0 unspecified atom stereocenters. The highest BCUT2D eigenvalue weighted by Gasteiger charge is 2.32. The van der Waals surface area contributed by atoms with Crippen molar-refractivity contribution >= 4 is 29.4 Å². The Kier molecular flexibility index (Phi) is 7.29. The highest BCUT2D eigenvalue weighted by molar-refractivity contribution is 6.31. The maximum absolute atomic E-state index is 13.7. The predicted octanol–water partition coefficient (Wildman–Crippen LogP) is 6.09. The van der Waals surface area contributed by atoms with E-state index in [1.807, 2.05) is 20.8 Å². The number of hydrogen-bond donors (Lipinski definition) is 1. The summed E-state index contributed by atoms with van der Waals surface area (Å²) in [6, 6.07) is 9.47. The molecular weight excluding hydrogens is 435 g/mol. The molecule has 1 amide bonds. The van der Waals surface area contributed by atoms with Crippen molar-refractivity contribution in [2.45, 2.75) is 52.3 Å². The topological polar surface area (TPSA) is 67.9 Å². The highest BCUT2D eigenvalue weighted by Crippen LogP contribution is 2.34. The van der Waals surface area contributed by atoms with Gasteiger partial charge in [0.1, 0.15) is 17.6 Å². The van der Waals surface area contributed by atoms with Crippen LogP contribution in [0.3, 0.4) is 0 Å². The Morgan fingerprint density at radius 2 is 1.97 bits per heavy atom. The first-order valence-electron chi connectivity index (χ1n) is 10.6. The number of ether oxygens (including phenoxy) is 2. The largest absolute Gasteiger partial charge is 0.462 e. The summed E-state index contributed by atoms with van der Waals surface area (Å²) in [4.78, 5) is 26.6. The van der Waals surface area contributed by atoms with E-state index in [0.29, 0.717) is 28.9 Å². The van der Waals surface area contributed by atoms with Crippen LogP contribution in [0.15, 0.2) is 36.4 Å². The number of rotatable bonds is 5. The Hall–Kier alpha value is -2.80. The zero-order valence-corrected chi connectivity index (χ0v) is 19.5. The fraction of sp³-hybridized carbons (Fsp3) is 0.417. The average molecular weight is 463 g/mol. The number of likely N-dealkylation sites (tertiary alicyclic amines) is 1. The van der Waals surface area contributed by atoms with Crippen molar-refractivity contribution in [3.8, 4) is 11.1 Å². The molecule has 0 aromatic heterocycles. The summed E-state index contributed by atoms with van der Waals surface area (Å²) < 4.78 is 24.4. The zero-order chi connectivity index (χ0) is 23.5. The number of amides is 1. The quantitative estimate of drug-likeness (QED) is 0.544. The normalized spacial score (nSPS) is 16.1. The molecule has 0 saturated carbocycles. The van der Waals surface area contributed by atoms with E-state index in [4.69, 9.17) is 21.1 Å². The molecule has 1 atom stereocenters. The van der Waals surface area contributed by atoms with Gasteiger partial charge < -0.3 is 14.8 Å². The molecule has 1 aliphatic heterocycles. The van der Waals surface area contributed by atoms with Crippen molar-refractivity contribution in [2.75, 3.05) is 18.5 Å². The van der Waals surface area contributed by atoms with E-state index in [1.165, 1.54) is 12.1 Å². The SMILES string of the molecule is CCOC(=O)c1ccc(N[C@@H]2CCCN2C(=O)OC(C)(C)C)c(-c2ccc(F)c(Cl)c2)c1. The van der Waals surface area contributed by atoms with Gasteiger partial charge in [-0.15, -0.1) is 0 Å². The maximum Gasteiger partial charge on any atom is 0.411 e. The lowest BCUT2D eigenvalue weighted by molar-refractivity contribution is 0.0244. The van der Waals surface area contributed by atoms with E-state index in [-0.39, 0.29) is 23.9 Å². The third-order valence-electron chi connectivity index (χ3n) is 4.96. The van der Waals surface area contributed by atoms with Crippen molar-refractivity contribution < 1.29 is 23.5 Å². The van der Waals surface area contributed by atoms with E-state index >= 15 is 0 Å². The van der Waals surface area contributed by atoms with Crippen molar-refractivity contribution in [2.24, 2.45) is 0 Å². The third kappa shape index (κ3) is 5.71. The van der Waals surface area contributed by atoms with Gasteiger partial charge in [0.25, 0.3) is 0 Å². The van der Waals surface area contributed by atoms with Gasteiger partial charge in [-0.2, -0.15) is 0 Å². The van der Waals surface area contributed by atoms with Gasteiger partial charge in [-0.25, -0.2) is 14.0 Å². The van der Waals surface area contributed by atoms with E-state index < -0.39 is 17.4 Å². The van der Waals surface area contributed by atoms with Crippen LogP contribution in [0.25, 0.3) is 11.1 Å². The number of esters is 1. The average Bonchev–Trinajstić information content (AvgIpc) is 3.18. The lowest BCUT2D eigenvalue weighted by Crippen LogP contribution is -2.43. The molecule has 3 rings (SSSR count). The molecule has 1 heterocycles. The van der Waals surface area contributed by atoms with Gasteiger partial charge in [-0.1, -0.05) is 17.7 Å². The summed E-state index contributed by atoms with van der Waals surface area (Å²) in [7, 11) is 0. The predicted molar refractivity (Wildman–Crippen MR) is 122 cm³/mol. The first-order valence-corrected chi connectivity index (χ1v) is 11.0. The first kappa shape index (κ1) is 23.9. The molecule has 0 bridgehead atoms. The summed E-state index contributed by atoms with van der Waals surface area (Å²) in [6.45, 7) is 8.05. The molecule has 8 heteroatoms. The molecule has 172 valence electrons. The Labute approximate surface area is 192 Å². The summed E-state index contributed by atoms with van der Waals surface area (Å²) in [5.41, 5.74) is 1.73. The van der Waals surface area contributed by atoms with Crippen molar-refractivity contribution in [3.63, 3.8) is 0 Å². The van der Waals surface area contributed by atoms with E-state index in [9.17, 15) is 14.0 Å². The molecule has 0 radical (unpaired) electrons. The number of nitrogens with one attached hydrogen (secondary N) is 1. The Morgan fingerprint density at radius 3 is 2.62 bits per heavy atom. The first-order chi connectivity index (χ1) is 15.1. The standard InChI is InChI=1S/C24H28ClFN2O4/c1-5-31-22(29)16-9-11-20(17(13-16)15-8-10-19(26)18(25)14-15)27-21-7-6-12-28(21)23(30)32-24(2,3)4/h8-11,13-14,21,27H,5-7,12H2,1-4H3/t21-/m0/s1. The summed E-state index contributed by atoms with van der Waals surface area (Å²) in [6.07, 6.45) is 0.896. The third-order valence-corrected chi connectivity index (χ3v) is 5.25. The molecule has 6 nitrogen and oxygen atoms in total. The van der Waals surface area contributed by atoms with Gasteiger partial charge in [0.05, 0.1) is 17.2 Å². The van der Waals surface area contributed by atoms with Crippen LogP contribution in [0.2, 0.25) is 5.02 Å². The molecule has 1 N–H and O–H groups in total. The molecule has 0 spiro atoms. The van der Waals surface area contributed by atoms with Crippen LogP contribution in [0.4, 0.5) is 14.9 Å². The van der Waals surface area contributed by atoms with Crippen LogP contribution in [0.1, 0.15) is 50.9 Å². The van der Waals surface area contributed by atoms with E-state index in [1.54, 1.807) is 36.1 Å². The molecule has 2 aromatic carbocycles. The lowest BCUT2D eigenvalue weighted by atomic mass is 10.0.